The molecule has 3 aromatic carbocycles. The number of carbonyl (C=O) groups is 3. The monoisotopic (exact) mass is 645 g/mol. The van der Waals surface area contributed by atoms with Crippen molar-refractivity contribution in [3.63, 3.8) is 0 Å². The summed E-state index contributed by atoms with van der Waals surface area (Å²) in [5.74, 6) is -2.62. The van der Waals surface area contributed by atoms with Crippen molar-refractivity contribution in [3.05, 3.63) is 106 Å². The third-order valence-corrected chi connectivity index (χ3v) is 8.69. The first kappa shape index (κ1) is 33.0. The van der Waals surface area contributed by atoms with Gasteiger partial charge in [-0.2, -0.15) is 26.3 Å². The summed E-state index contributed by atoms with van der Waals surface area (Å²) >= 11 is 0. The molecule has 0 aromatic heterocycles. The lowest BCUT2D eigenvalue weighted by atomic mass is 9.78. The number of hydrogen-bond donors (Lipinski definition) is 1. The molecule has 2 aliphatic rings. The Balaban J connectivity index is 1.60. The number of halogens is 6. The van der Waals surface area contributed by atoms with Crippen molar-refractivity contribution in [3.8, 4) is 0 Å². The lowest BCUT2D eigenvalue weighted by Gasteiger charge is -2.42. The third-order valence-electron chi connectivity index (χ3n) is 8.69. The highest BCUT2D eigenvalue weighted by atomic mass is 19.4. The van der Waals surface area contributed by atoms with Gasteiger partial charge in [0, 0.05) is 38.2 Å². The highest BCUT2D eigenvalue weighted by Crippen LogP contribution is 2.46. The summed E-state index contributed by atoms with van der Waals surface area (Å²) in [5.41, 5.74) is -2.67. The molecule has 2 unspecified atom stereocenters. The Bertz CT molecular complexity index is 1550. The molecular formula is C34H33F6N3O3. The molecule has 3 amide bonds. The number of amides is 3. The first-order valence-corrected chi connectivity index (χ1v) is 15.0. The molecule has 0 spiro atoms. The van der Waals surface area contributed by atoms with Gasteiger partial charge >= 0.3 is 12.4 Å². The average Bonchev–Trinajstić information content (AvgIpc) is 3.02. The SMILES string of the molecule is CC1CCN(C(=O)CCN2C(=O)c3ccccc3C(C(=O)NCc3ccccc3)C2c2cc(C(F)(F)F)cc(C(F)(F)F)c2)CC1. The van der Waals surface area contributed by atoms with E-state index in [-0.39, 0.29) is 42.6 Å². The van der Waals surface area contributed by atoms with E-state index in [4.69, 9.17) is 0 Å². The van der Waals surface area contributed by atoms with Crippen LogP contribution >= 0.6 is 0 Å². The lowest BCUT2D eigenvalue weighted by molar-refractivity contribution is -0.143. The Hall–Kier alpha value is -4.35. The van der Waals surface area contributed by atoms with Crippen molar-refractivity contribution in [2.75, 3.05) is 19.6 Å². The fourth-order valence-electron chi connectivity index (χ4n) is 6.17. The van der Waals surface area contributed by atoms with Gasteiger partial charge in [0.25, 0.3) is 5.91 Å². The molecular weight excluding hydrogens is 612 g/mol. The summed E-state index contributed by atoms with van der Waals surface area (Å²) in [7, 11) is 0. The van der Waals surface area contributed by atoms with Crippen LogP contribution in [0.1, 0.15) is 76.3 Å². The molecule has 0 aliphatic carbocycles. The summed E-state index contributed by atoms with van der Waals surface area (Å²) in [6.07, 6.45) is -8.94. The summed E-state index contributed by atoms with van der Waals surface area (Å²) < 4.78 is 83.9. The molecule has 2 atom stereocenters. The van der Waals surface area contributed by atoms with Crippen LogP contribution < -0.4 is 5.32 Å². The number of piperidine rings is 1. The maximum Gasteiger partial charge on any atom is 0.416 e. The maximum absolute atomic E-state index is 14.0. The molecule has 3 aromatic rings. The first-order valence-electron chi connectivity index (χ1n) is 15.0. The van der Waals surface area contributed by atoms with Crippen molar-refractivity contribution >= 4 is 17.7 Å². The largest absolute Gasteiger partial charge is 0.416 e. The van der Waals surface area contributed by atoms with Crippen molar-refractivity contribution in [2.24, 2.45) is 5.92 Å². The van der Waals surface area contributed by atoms with Crippen molar-refractivity contribution < 1.29 is 40.7 Å². The summed E-state index contributed by atoms with van der Waals surface area (Å²) in [4.78, 5) is 43.9. The molecule has 6 nitrogen and oxygen atoms in total. The summed E-state index contributed by atoms with van der Waals surface area (Å²) in [6, 6.07) is 14.4. The number of alkyl halides is 6. The van der Waals surface area contributed by atoms with Gasteiger partial charge in [0.1, 0.15) is 0 Å². The summed E-state index contributed by atoms with van der Waals surface area (Å²) in [5, 5.41) is 2.76. The van der Waals surface area contributed by atoms with Crippen molar-refractivity contribution in [1.29, 1.82) is 0 Å². The van der Waals surface area contributed by atoms with E-state index in [1.165, 1.54) is 12.1 Å². The Morgan fingerprint density at radius 2 is 1.43 bits per heavy atom. The lowest BCUT2D eigenvalue weighted by Crippen LogP contribution is -2.48. The van der Waals surface area contributed by atoms with Gasteiger partial charge in [-0.25, -0.2) is 0 Å². The number of fused-ring (bicyclic) bond motifs is 1. The third kappa shape index (κ3) is 7.21. The van der Waals surface area contributed by atoms with Gasteiger partial charge in [0.2, 0.25) is 11.8 Å². The molecule has 2 heterocycles. The predicted octanol–water partition coefficient (Wildman–Crippen LogP) is 6.97. The first-order chi connectivity index (χ1) is 21.7. The van der Waals surface area contributed by atoms with E-state index in [9.17, 15) is 40.7 Å². The fraction of sp³-hybridized carbons (Fsp3) is 0.382. The smallest absolute Gasteiger partial charge is 0.351 e. The van der Waals surface area contributed by atoms with Crippen LogP contribution in [0, 0.1) is 5.92 Å². The van der Waals surface area contributed by atoms with Crippen LogP contribution in [0.3, 0.4) is 0 Å². The molecule has 5 rings (SSSR count). The van der Waals surface area contributed by atoms with E-state index in [1.54, 1.807) is 47.4 Å². The number of carbonyl (C=O) groups excluding carboxylic acids is 3. The van der Waals surface area contributed by atoms with E-state index in [0.29, 0.717) is 36.7 Å². The van der Waals surface area contributed by atoms with Crippen LogP contribution in [0.2, 0.25) is 0 Å². The maximum atomic E-state index is 14.0. The van der Waals surface area contributed by atoms with Crippen LogP contribution in [0.25, 0.3) is 0 Å². The van der Waals surface area contributed by atoms with E-state index in [0.717, 1.165) is 17.7 Å². The molecule has 2 aliphatic heterocycles. The highest BCUT2D eigenvalue weighted by Gasteiger charge is 2.46. The number of likely N-dealkylation sites (tertiary alicyclic amines) is 1. The zero-order chi connectivity index (χ0) is 33.2. The van der Waals surface area contributed by atoms with Gasteiger partial charge in [0.05, 0.1) is 23.1 Å². The summed E-state index contributed by atoms with van der Waals surface area (Å²) in [6.45, 7) is 2.80. The van der Waals surface area contributed by atoms with Crippen molar-refractivity contribution in [1.82, 2.24) is 15.1 Å². The van der Waals surface area contributed by atoms with Crippen LogP contribution in [0.5, 0.6) is 0 Å². The molecule has 244 valence electrons. The Morgan fingerprint density at radius 1 is 0.848 bits per heavy atom. The van der Waals surface area contributed by atoms with Crippen molar-refractivity contribution in [2.45, 2.75) is 57.0 Å². The molecule has 1 fully saturated rings. The van der Waals surface area contributed by atoms with E-state index < -0.39 is 52.8 Å². The van der Waals surface area contributed by atoms with Gasteiger partial charge in [-0.3, -0.25) is 14.4 Å². The van der Waals surface area contributed by atoms with E-state index in [1.807, 2.05) is 0 Å². The average molecular weight is 646 g/mol. The van der Waals surface area contributed by atoms with Crippen LogP contribution in [0.15, 0.2) is 72.8 Å². The Kier molecular flexibility index (Phi) is 9.46. The second-order valence-corrected chi connectivity index (χ2v) is 11.9. The molecule has 12 heteroatoms. The zero-order valence-electron chi connectivity index (χ0n) is 25.0. The number of nitrogens with one attached hydrogen (secondary N) is 1. The van der Waals surface area contributed by atoms with E-state index >= 15 is 0 Å². The molecule has 1 saturated heterocycles. The normalized spacial score (nSPS) is 19.2. The van der Waals surface area contributed by atoms with Crippen LogP contribution in [0.4, 0.5) is 26.3 Å². The molecule has 1 N–H and O–H groups in total. The Morgan fingerprint density at radius 3 is 2.04 bits per heavy atom. The molecule has 0 radical (unpaired) electrons. The molecule has 0 bridgehead atoms. The fourth-order valence-corrected chi connectivity index (χ4v) is 6.17. The van der Waals surface area contributed by atoms with Crippen LogP contribution in [-0.4, -0.2) is 47.2 Å². The second-order valence-electron chi connectivity index (χ2n) is 11.9. The quantitative estimate of drug-likeness (QED) is 0.282. The minimum atomic E-state index is -5.15. The van der Waals surface area contributed by atoms with Gasteiger partial charge in [-0.1, -0.05) is 55.5 Å². The van der Waals surface area contributed by atoms with Gasteiger partial charge < -0.3 is 15.1 Å². The second kappa shape index (κ2) is 13.2. The minimum absolute atomic E-state index is 0.0117. The Labute approximate surface area is 262 Å². The topological polar surface area (TPSA) is 69.7 Å². The van der Waals surface area contributed by atoms with Gasteiger partial charge in [-0.15, -0.1) is 0 Å². The zero-order valence-corrected chi connectivity index (χ0v) is 25.0. The molecule has 46 heavy (non-hydrogen) atoms. The molecule has 0 saturated carbocycles. The predicted molar refractivity (Wildman–Crippen MR) is 157 cm³/mol. The number of rotatable bonds is 7. The van der Waals surface area contributed by atoms with Crippen LogP contribution in [-0.2, 0) is 28.5 Å². The number of hydrogen-bond acceptors (Lipinski definition) is 3. The van der Waals surface area contributed by atoms with Gasteiger partial charge in [-0.05, 0) is 59.7 Å². The standard InChI is InChI=1S/C34H33F6N3O3/c1-21-11-14-42(15-12-21)28(44)13-16-43-30(23-17-24(33(35,36)37)19-25(18-23)34(38,39)40)29(26-9-5-6-10-27(26)32(43)46)31(45)41-20-22-7-3-2-4-8-22/h2-10,17-19,21,29-30H,11-16,20H2,1H3,(H,41,45). The van der Waals surface area contributed by atoms with Gasteiger partial charge in [0.15, 0.2) is 0 Å². The highest BCUT2D eigenvalue weighted by molar-refractivity contribution is 6.01. The van der Waals surface area contributed by atoms with E-state index in [2.05, 4.69) is 12.2 Å². The number of nitrogens with zero attached hydrogens (tertiary/aromatic N) is 2. The number of benzene rings is 3. The minimum Gasteiger partial charge on any atom is -0.351 e.